The normalized spacial score (nSPS) is 11.9. The Balaban J connectivity index is 2.83. The standard InChI is InChI=1S/C11H18N4O2/c1-3-8(2)7-13-9-4-10(14-12)6-11(5-9)15(16)17/h4-6,8,13-14H,3,7,12H2,1-2H3. The summed E-state index contributed by atoms with van der Waals surface area (Å²) in [6.07, 6.45) is 1.06. The summed E-state index contributed by atoms with van der Waals surface area (Å²) in [5.74, 6) is 5.79. The molecular formula is C11H18N4O2. The maximum Gasteiger partial charge on any atom is 0.273 e. The topological polar surface area (TPSA) is 93.2 Å². The summed E-state index contributed by atoms with van der Waals surface area (Å²) >= 11 is 0. The summed E-state index contributed by atoms with van der Waals surface area (Å²) in [7, 11) is 0. The molecule has 0 fully saturated rings. The van der Waals surface area contributed by atoms with Crippen LogP contribution >= 0.6 is 0 Å². The molecule has 6 heteroatoms. The molecule has 0 bridgehead atoms. The van der Waals surface area contributed by atoms with Crippen LogP contribution in [0, 0.1) is 16.0 Å². The Bertz CT molecular complexity index is 395. The largest absolute Gasteiger partial charge is 0.385 e. The van der Waals surface area contributed by atoms with Gasteiger partial charge in [0.1, 0.15) is 0 Å². The van der Waals surface area contributed by atoms with Gasteiger partial charge in [-0.05, 0) is 12.0 Å². The summed E-state index contributed by atoms with van der Waals surface area (Å²) in [6, 6.07) is 4.65. The minimum Gasteiger partial charge on any atom is -0.385 e. The molecular weight excluding hydrogens is 220 g/mol. The third-order valence-corrected chi connectivity index (χ3v) is 2.65. The fourth-order valence-corrected chi connectivity index (χ4v) is 1.34. The highest BCUT2D eigenvalue weighted by Crippen LogP contribution is 2.24. The molecule has 0 amide bonds. The Labute approximate surface area is 100 Å². The van der Waals surface area contributed by atoms with Crippen molar-refractivity contribution in [2.45, 2.75) is 20.3 Å². The van der Waals surface area contributed by atoms with E-state index in [9.17, 15) is 10.1 Å². The average molecular weight is 238 g/mol. The predicted octanol–water partition coefficient (Wildman–Crippen LogP) is 2.34. The van der Waals surface area contributed by atoms with E-state index >= 15 is 0 Å². The number of hydrogen-bond donors (Lipinski definition) is 3. The van der Waals surface area contributed by atoms with Gasteiger partial charge in [-0.1, -0.05) is 20.3 Å². The van der Waals surface area contributed by atoms with Crippen LogP contribution in [-0.4, -0.2) is 11.5 Å². The number of non-ortho nitro benzene ring substituents is 1. The summed E-state index contributed by atoms with van der Waals surface area (Å²) in [6.45, 7) is 5.00. The molecule has 0 radical (unpaired) electrons. The van der Waals surface area contributed by atoms with Crippen molar-refractivity contribution in [3.8, 4) is 0 Å². The number of nitrogen functional groups attached to an aromatic ring is 1. The van der Waals surface area contributed by atoms with Gasteiger partial charge >= 0.3 is 0 Å². The highest BCUT2D eigenvalue weighted by molar-refractivity contribution is 5.63. The SMILES string of the molecule is CCC(C)CNc1cc(NN)cc([N+](=O)[O-])c1. The summed E-state index contributed by atoms with van der Waals surface area (Å²) in [5, 5.41) is 13.9. The van der Waals surface area contributed by atoms with Crippen LogP contribution in [0.25, 0.3) is 0 Å². The van der Waals surface area contributed by atoms with Gasteiger partial charge in [-0.3, -0.25) is 16.0 Å². The third kappa shape index (κ3) is 3.92. The second kappa shape index (κ2) is 6.05. The van der Waals surface area contributed by atoms with Crippen LogP contribution < -0.4 is 16.6 Å². The van der Waals surface area contributed by atoms with Crippen molar-refractivity contribution in [2.24, 2.45) is 11.8 Å². The Morgan fingerprint density at radius 2 is 2.06 bits per heavy atom. The minimum absolute atomic E-state index is 0.0205. The second-order valence-corrected chi connectivity index (χ2v) is 4.06. The van der Waals surface area contributed by atoms with E-state index in [2.05, 4.69) is 24.6 Å². The van der Waals surface area contributed by atoms with Crippen molar-refractivity contribution in [3.05, 3.63) is 28.3 Å². The molecule has 1 aromatic rings. The highest BCUT2D eigenvalue weighted by Gasteiger charge is 2.09. The first-order valence-corrected chi connectivity index (χ1v) is 5.56. The molecule has 1 unspecified atom stereocenters. The smallest absolute Gasteiger partial charge is 0.273 e. The summed E-state index contributed by atoms with van der Waals surface area (Å²) in [5.41, 5.74) is 3.66. The van der Waals surface area contributed by atoms with Crippen molar-refractivity contribution >= 4 is 17.1 Å². The lowest BCUT2D eigenvalue weighted by atomic mass is 10.1. The molecule has 0 aliphatic heterocycles. The minimum atomic E-state index is -0.435. The first-order valence-electron chi connectivity index (χ1n) is 5.56. The van der Waals surface area contributed by atoms with E-state index in [0.29, 0.717) is 17.3 Å². The van der Waals surface area contributed by atoms with Crippen LogP contribution in [0.4, 0.5) is 17.1 Å². The highest BCUT2D eigenvalue weighted by atomic mass is 16.6. The van der Waals surface area contributed by atoms with E-state index in [1.807, 2.05) is 0 Å². The zero-order valence-corrected chi connectivity index (χ0v) is 10.1. The molecule has 0 heterocycles. The monoisotopic (exact) mass is 238 g/mol. The molecule has 6 nitrogen and oxygen atoms in total. The zero-order chi connectivity index (χ0) is 12.8. The number of nitrogens with one attached hydrogen (secondary N) is 2. The molecule has 0 saturated heterocycles. The molecule has 1 aromatic carbocycles. The van der Waals surface area contributed by atoms with Crippen molar-refractivity contribution in [1.29, 1.82) is 0 Å². The number of anilines is 2. The lowest BCUT2D eigenvalue weighted by Crippen LogP contribution is -2.12. The first-order chi connectivity index (χ1) is 8.06. The molecule has 0 saturated carbocycles. The molecule has 0 aliphatic carbocycles. The number of benzene rings is 1. The van der Waals surface area contributed by atoms with Gasteiger partial charge in [0.05, 0.1) is 10.6 Å². The third-order valence-electron chi connectivity index (χ3n) is 2.65. The molecule has 4 N–H and O–H groups in total. The van der Waals surface area contributed by atoms with E-state index in [-0.39, 0.29) is 5.69 Å². The summed E-state index contributed by atoms with van der Waals surface area (Å²) in [4.78, 5) is 10.3. The van der Waals surface area contributed by atoms with Gasteiger partial charge < -0.3 is 10.7 Å². The maximum absolute atomic E-state index is 10.7. The van der Waals surface area contributed by atoms with Gasteiger partial charge in [0.2, 0.25) is 0 Å². The van der Waals surface area contributed by atoms with Crippen LogP contribution in [0.1, 0.15) is 20.3 Å². The summed E-state index contributed by atoms with van der Waals surface area (Å²) < 4.78 is 0. The van der Waals surface area contributed by atoms with Gasteiger partial charge in [0.25, 0.3) is 5.69 Å². The van der Waals surface area contributed by atoms with E-state index in [0.717, 1.165) is 13.0 Å². The number of nitrogens with zero attached hydrogens (tertiary/aromatic N) is 1. The van der Waals surface area contributed by atoms with Crippen molar-refractivity contribution in [2.75, 3.05) is 17.3 Å². The molecule has 94 valence electrons. The van der Waals surface area contributed by atoms with Crippen LogP contribution in [0.5, 0.6) is 0 Å². The number of nitro benzene ring substituents is 1. The number of hydrazine groups is 1. The molecule has 0 aliphatic rings. The second-order valence-electron chi connectivity index (χ2n) is 4.06. The van der Waals surface area contributed by atoms with Gasteiger partial charge in [-0.2, -0.15) is 0 Å². The lowest BCUT2D eigenvalue weighted by molar-refractivity contribution is -0.384. The van der Waals surface area contributed by atoms with Gasteiger partial charge in [0.15, 0.2) is 0 Å². The average Bonchev–Trinajstić information content (AvgIpc) is 2.35. The lowest BCUT2D eigenvalue weighted by Gasteiger charge is -2.12. The van der Waals surface area contributed by atoms with Crippen LogP contribution in [0.3, 0.4) is 0 Å². The number of hydrogen-bond acceptors (Lipinski definition) is 5. The van der Waals surface area contributed by atoms with E-state index in [4.69, 9.17) is 5.84 Å². The van der Waals surface area contributed by atoms with Gasteiger partial charge in [-0.25, -0.2) is 0 Å². The quantitative estimate of drug-likeness (QED) is 0.402. The van der Waals surface area contributed by atoms with Crippen LogP contribution in [0.15, 0.2) is 18.2 Å². The van der Waals surface area contributed by atoms with Crippen LogP contribution in [0.2, 0.25) is 0 Å². The Morgan fingerprint density at radius 3 is 2.59 bits per heavy atom. The van der Waals surface area contributed by atoms with Crippen molar-refractivity contribution < 1.29 is 4.92 Å². The molecule has 0 aromatic heterocycles. The molecule has 17 heavy (non-hydrogen) atoms. The Hall–Kier alpha value is -1.82. The number of rotatable bonds is 6. The van der Waals surface area contributed by atoms with Gasteiger partial charge in [-0.15, -0.1) is 0 Å². The first kappa shape index (κ1) is 13.2. The fourth-order valence-electron chi connectivity index (χ4n) is 1.34. The Morgan fingerprint density at radius 1 is 1.41 bits per heavy atom. The zero-order valence-electron chi connectivity index (χ0n) is 10.1. The molecule has 1 rings (SSSR count). The van der Waals surface area contributed by atoms with E-state index in [1.165, 1.54) is 12.1 Å². The van der Waals surface area contributed by atoms with E-state index < -0.39 is 4.92 Å². The van der Waals surface area contributed by atoms with Gasteiger partial charge in [0, 0.05) is 24.4 Å². The molecule has 1 atom stereocenters. The number of nitrogens with two attached hydrogens (primary N) is 1. The van der Waals surface area contributed by atoms with Crippen molar-refractivity contribution in [1.82, 2.24) is 0 Å². The fraction of sp³-hybridized carbons (Fsp3) is 0.455. The number of nitro groups is 1. The Kier molecular flexibility index (Phi) is 4.71. The van der Waals surface area contributed by atoms with Crippen molar-refractivity contribution in [3.63, 3.8) is 0 Å². The maximum atomic E-state index is 10.7. The molecule has 0 spiro atoms. The van der Waals surface area contributed by atoms with Crippen LogP contribution in [-0.2, 0) is 0 Å². The predicted molar refractivity (Wildman–Crippen MR) is 68.9 cm³/mol. The van der Waals surface area contributed by atoms with E-state index in [1.54, 1.807) is 6.07 Å².